The van der Waals surface area contributed by atoms with E-state index in [0.29, 0.717) is 12.1 Å². The first-order valence-electron chi connectivity index (χ1n) is 4.15. The number of anilines is 1. The fraction of sp³-hybridized carbons (Fsp3) is 0.333. The third kappa shape index (κ3) is 2.00. The lowest BCUT2D eigenvalue weighted by atomic mass is 10.1. The molecule has 0 saturated heterocycles. The molecule has 0 aliphatic heterocycles. The first-order valence-corrected chi connectivity index (χ1v) is 4.15. The lowest BCUT2D eigenvalue weighted by Gasteiger charge is -2.18. The van der Waals surface area contributed by atoms with E-state index in [-0.39, 0.29) is 5.69 Å². The highest BCUT2D eigenvalue weighted by atomic mass is 19.2. The molecule has 3 nitrogen and oxygen atoms in total. The average Bonchev–Trinajstić information content (AvgIpc) is 2.11. The molecule has 0 aliphatic rings. The van der Waals surface area contributed by atoms with Gasteiger partial charge in [0.2, 0.25) is 0 Å². The van der Waals surface area contributed by atoms with Crippen molar-refractivity contribution < 1.29 is 8.78 Å². The monoisotopic (exact) mass is 201 g/mol. The Morgan fingerprint density at radius 2 is 2.00 bits per heavy atom. The highest BCUT2D eigenvalue weighted by Gasteiger charge is 2.14. The summed E-state index contributed by atoms with van der Waals surface area (Å²) in [6, 6.07) is 2.60. The van der Waals surface area contributed by atoms with Crippen molar-refractivity contribution in [3.05, 3.63) is 29.3 Å². The van der Waals surface area contributed by atoms with Crippen molar-refractivity contribution in [2.75, 3.05) is 19.0 Å². The average molecular weight is 201 g/mol. The molecule has 14 heavy (non-hydrogen) atoms. The van der Waals surface area contributed by atoms with E-state index in [1.54, 1.807) is 14.1 Å². The van der Waals surface area contributed by atoms with Crippen LogP contribution in [0.15, 0.2) is 12.1 Å². The second kappa shape index (κ2) is 4.34. The van der Waals surface area contributed by atoms with Gasteiger partial charge in [-0.25, -0.2) is 8.78 Å². The lowest BCUT2D eigenvalue weighted by molar-refractivity contribution is 0.506. The van der Waals surface area contributed by atoms with Crippen molar-refractivity contribution in [3.63, 3.8) is 0 Å². The third-order valence-corrected chi connectivity index (χ3v) is 1.89. The van der Waals surface area contributed by atoms with Crippen LogP contribution in [0.25, 0.3) is 0 Å². The topological polar surface area (TPSA) is 41.3 Å². The number of nitrogens with two attached hydrogens (primary N) is 1. The van der Waals surface area contributed by atoms with Crippen LogP contribution in [0.5, 0.6) is 0 Å². The van der Waals surface area contributed by atoms with Crippen LogP contribution in [0.4, 0.5) is 14.5 Å². The summed E-state index contributed by atoms with van der Waals surface area (Å²) >= 11 is 0. The van der Waals surface area contributed by atoms with Crippen molar-refractivity contribution in [1.82, 2.24) is 5.43 Å². The van der Waals surface area contributed by atoms with Crippen molar-refractivity contribution in [1.29, 1.82) is 0 Å². The first-order chi connectivity index (χ1) is 6.57. The molecule has 0 heterocycles. The summed E-state index contributed by atoms with van der Waals surface area (Å²) in [5.74, 6) is 3.44. The summed E-state index contributed by atoms with van der Waals surface area (Å²) < 4.78 is 26.3. The van der Waals surface area contributed by atoms with Crippen LogP contribution in [-0.4, -0.2) is 14.1 Å². The molecule has 0 atom stereocenters. The fourth-order valence-corrected chi connectivity index (χ4v) is 1.32. The van der Waals surface area contributed by atoms with Crippen LogP contribution in [0.3, 0.4) is 0 Å². The van der Waals surface area contributed by atoms with Gasteiger partial charge in [0.25, 0.3) is 0 Å². The van der Waals surface area contributed by atoms with Crippen molar-refractivity contribution >= 4 is 5.69 Å². The summed E-state index contributed by atoms with van der Waals surface area (Å²) in [4.78, 5) is 1.52. The first kappa shape index (κ1) is 10.9. The van der Waals surface area contributed by atoms with E-state index >= 15 is 0 Å². The van der Waals surface area contributed by atoms with Crippen molar-refractivity contribution in [2.24, 2.45) is 5.84 Å². The minimum atomic E-state index is -0.852. The molecule has 0 fully saturated rings. The highest BCUT2D eigenvalue weighted by molar-refractivity contribution is 5.54. The number of hydrogen-bond donors (Lipinski definition) is 2. The number of hydrazine groups is 1. The summed E-state index contributed by atoms with van der Waals surface area (Å²) in [5.41, 5.74) is 3.26. The standard InChI is InChI=1S/C9H13F2N3/c1-14(2)9-6(5-13-12)3-4-7(10)8(9)11/h3-4,13H,5,12H2,1-2H3. The number of nitrogens with zero attached hydrogens (tertiary/aromatic N) is 1. The minimum Gasteiger partial charge on any atom is -0.375 e. The van der Waals surface area contributed by atoms with Gasteiger partial charge in [0.15, 0.2) is 11.6 Å². The molecule has 0 aromatic heterocycles. The molecule has 0 spiro atoms. The Labute approximate surface area is 81.5 Å². The molecule has 0 bridgehead atoms. The maximum atomic E-state index is 13.4. The third-order valence-electron chi connectivity index (χ3n) is 1.89. The van der Waals surface area contributed by atoms with E-state index < -0.39 is 11.6 Å². The van der Waals surface area contributed by atoms with Gasteiger partial charge in [0, 0.05) is 20.6 Å². The van der Waals surface area contributed by atoms with Crippen LogP contribution in [0, 0.1) is 11.6 Å². The van der Waals surface area contributed by atoms with Gasteiger partial charge in [0.1, 0.15) is 0 Å². The molecule has 3 N–H and O–H groups in total. The lowest BCUT2D eigenvalue weighted by Crippen LogP contribution is -2.23. The Hall–Kier alpha value is -1.20. The van der Waals surface area contributed by atoms with Gasteiger partial charge in [-0.2, -0.15) is 0 Å². The maximum Gasteiger partial charge on any atom is 0.182 e. The Balaban J connectivity index is 3.23. The highest BCUT2D eigenvalue weighted by Crippen LogP contribution is 2.24. The Kier molecular flexibility index (Phi) is 3.38. The van der Waals surface area contributed by atoms with Gasteiger partial charge in [-0.15, -0.1) is 0 Å². The van der Waals surface area contributed by atoms with E-state index in [1.807, 2.05) is 0 Å². The second-order valence-electron chi connectivity index (χ2n) is 3.14. The van der Waals surface area contributed by atoms with E-state index in [1.165, 1.54) is 11.0 Å². The Morgan fingerprint density at radius 1 is 1.36 bits per heavy atom. The molecule has 0 aliphatic carbocycles. The summed E-state index contributed by atoms with van der Waals surface area (Å²) in [6.07, 6.45) is 0. The molecule has 1 rings (SSSR count). The van der Waals surface area contributed by atoms with E-state index in [2.05, 4.69) is 5.43 Å². The number of rotatable bonds is 3. The minimum absolute atomic E-state index is 0.225. The molecule has 0 amide bonds. The molecule has 0 radical (unpaired) electrons. The number of halogens is 2. The largest absolute Gasteiger partial charge is 0.375 e. The van der Waals surface area contributed by atoms with Crippen LogP contribution >= 0.6 is 0 Å². The number of benzene rings is 1. The molecule has 1 aromatic rings. The van der Waals surface area contributed by atoms with E-state index in [4.69, 9.17) is 5.84 Å². The predicted molar refractivity (Wildman–Crippen MR) is 51.7 cm³/mol. The van der Waals surface area contributed by atoms with Gasteiger partial charge in [0.05, 0.1) is 5.69 Å². The number of nitrogens with one attached hydrogen (secondary N) is 1. The van der Waals surface area contributed by atoms with Gasteiger partial charge in [-0.1, -0.05) is 6.07 Å². The maximum absolute atomic E-state index is 13.4. The fourth-order valence-electron chi connectivity index (χ4n) is 1.32. The van der Waals surface area contributed by atoms with Crippen molar-refractivity contribution in [3.8, 4) is 0 Å². The molecule has 0 saturated carbocycles. The summed E-state index contributed by atoms with van der Waals surface area (Å²) in [5, 5.41) is 0. The Bertz CT molecular complexity index is 326. The number of hydrogen-bond acceptors (Lipinski definition) is 3. The van der Waals surface area contributed by atoms with E-state index in [9.17, 15) is 8.78 Å². The zero-order chi connectivity index (χ0) is 10.7. The van der Waals surface area contributed by atoms with Crippen LogP contribution in [0.2, 0.25) is 0 Å². The predicted octanol–water partition coefficient (Wildman–Crippen LogP) is 0.994. The Morgan fingerprint density at radius 3 is 2.50 bits per heavy atom. The summed E-state index contributed by atoms with van der Waals surface area (Å²) in [7, 11) is 3.30. The van der Waals surface area contributed by atoms with Crippen molar-refractivity contribution in [2.45, 2.75) is 6.54 Å². The molecule has 1 aromatic carbocycles. The SMILES string of the molecule is CN(C)c1c(CNN)ccc(F)c1F. The molecule has 0 unspecified atom stereocenters. The zero-order valence-electron chi connectivity index (χ0n) is 8.14. The van der Waals surface area contributed by atoms with Crippen LogP contribution in [0.1, 0.15) is 5.56 Å². The quantitative estimate of drug-likeness (QED) is 0.566. The molecule has 78 valence electrons. The molecular formula is C9H13F2N3. The van der Waals surface area contributed by atoms with Gasteiger partial charge >= 0.3 is 0 Å². The normalized spacial score (nSPS) is 10.4. The second-order valence-corrected chi connectivity index (χ2v) is 3.14. The van der Waals surface area contributed by atoms with Crippen LogP contribution in [-0.2, 0) is 6.54 Å². The van der Waals surface area contributed by atoms with Gasteiger partial charge in [-0.05, 0) is 11.6 Å². The van der Waals surface area contributed by atoms with Gasteiger partial charge in [-0.3, -0.25) is 11.3 Å². The van der Waals surface area contributed by atoms with E-state index in [0.717, 1.165) is 6.07 Å². The van der Waals surface area contributed by atoms with Gasteiger partial charge < -0.3 is 4.90 Å². The smallest absolute Gasteiger partial charge is 0.182 e. The molecular weight excluding hydrogens is 188 g/mol. The molecule has 5 heteroatoms. The van der Waals surface area contributed by atoms with Crippen LogP contribution < -0.4 is 16.2 Å². The zero-order valence-corrected chi connectivity index (χ0v) is 8.14. The summed E-state index contributed by atoms with van der Waals surface area (Å²) in [6.45, 7) is 0.296.